The first-order valence-corrected chi connectivity index (χ1v) is 12.7. The van der Waals surface area contributed by atoms with Crippen molar-refractivity contribution in [1.29, 1.82) is 0 Å². The highest BCUT2D eigenvalue weighted by atomic mass is 31.3. The zero-order chi connectivity index (χ0) is 23.2. The molecule has 0 spiro atoms. The van der Waals surface area contributed by atoms with Crippen LogP contribution in [-0.4, -0.2) is 58.0 Å². The maximum absolute atomic E-state index is 11.9. The van der Waals surface area contributed by atoms with Crippen molar-refractivity contribution < 1.29 is 56.3 Å². The lowest BCUT2D eigenvalue weighted by Crippen LogP contribution is -2.26. The lowest BCUT2D eigenvalue weighted by Gasteiger charge is -2.19. The number of nitrogens with two attached hydrogens (primary N) is 1. The van der Waals surface area contributed by atoms with Crippen molar-refractivity contribution in [1.82, 2.24) is 14.5 Å². The number of fused-ring (bicyclic) bond motifs is 1. The van der Waals surface area contributed by atoms with Crippen molar-refractivity contribution in [3.05, 3.63) is 22.6 Å². The molecule has 3 unspecified atom stereocenters. The molecule has 0 radical (unpaired) electrons. The average Bonchev–Trinajstić information content (AvgIpc) is 3.13. The van der Waals surface area contributed by atoms with E-state index in [0.29, 0.717) is 0 Å². The first kappa shape index (κ1) is 24.2. The fourth-order valence-electron chi connectivity index (χ4n) is 2.80. The number of nitrogen functional groups attached to an aromatic ring is 1. The van der Waals surface area contributed by atoms with E-state index in [4.69, 9.17) is 25.2 Å². The predicted octanol–water partition coefficient (Wildman–Crippen LogP) is -0.702. The summed E-state index contributed by atoms with van der Waals surface area (Å²) in [7, 11) is -16.5. The van der Waals surface area contributed by atoms with Gasteiger partial charge in [0.05, 0.1) is 18.1 Å². The number of hydrogen-bond donors (Lipinski definition) is 7. The van der Waals surface area contributed by atoms with Crippen molar-refractivity contribution in [2.24, 2.45) is 0 Å². The second-order valence-electron chi connectivity index (χ2n) is 6.23. The summed E-state index contributed by atoms with van der Waals surface area (Å²) in [5.74, 6) is -0.153. The minimum Gasteiger partial charge on any atom is -0.390 e. The number of phosphoric acid groups is 3. The highest BCUT2D eigenvalue weighted by Gasteiger charge is 2.43. The molecule has 174 valence electrons. The summed E-state index contributed by atoms with van der Waals surface area (Å²) in [6, 6.07) is 1.44. The molecule has 8 N–H and O–H groups in total. The topological polar surface area (TPSA) is 266 Å². The van der Waals surface area contributed by atoms with Crippen LogP contribution in [0.1, 0.15) is 12.6 Å². The number of ether oxygens (including phenoxy) is 1. The molecule has 0 aromatic carbocycles. The summed E-state index contributed by atoms with van der Waals surface area (Å²) < 4.78 is 52.3. The molecule has 5 atom stereocenters. The van der Waals surface area contributed by atoms with Crippen LogP contribution >= 0.6 is 23.5 Å². The number of aromatic nitrogens is 3. The van der Waals surface area contributed by atoms with Crippen LogP contribution in [0.3, 0.4) is 0 Å². The zero-order valence-electron chi connectivity index (χ0n) is 15.1. The minimum absolute atomic E-state index is 0.0530. The fourth-order valence-corrected chi connectivity index (χ4v) is 5.83. The van der Waals surface area contributed by atoms with Crippen LogP contribution in [0.4, 0.5) is 5.95 Å². The van der Waals surface area contributed by atoms with Crippen molar-refractivity contribution in [3.63, 3.8) is 0 Å². The molecule has 1 aliphatic heterocycles. The lowest BCUT2D eigenvalue weighted by atomic mass is 10.2. The minimum atomic E-state index is -5.66. The molecule has 2 aromatic rings. The maximum atomic E-state index is 11.9. The van der Waals surface area contributed by atoms with Crippen LogP contribution in [0.5, 0.6) is 0 Å². The van der Waals surface area contributed by atoms with Gasteiger partial charge in [-0.25, -0.2) is 13.7 Å². The number of aromatic amines is 1. The normalized spacial score (nSPS) is 26.0. The van der Waals surface area contributed by atoms with Gasteiger partial charge in [-0.2, -0.15) is 13.6 Å². The summed E-state index contributed by atoms with van der Waals surface area (Å²) in [6.07, 6.45) is -1.95. The van der Waals surface area contributed by atoms with Crippen LogP contribution < -0.4 is 11.3 Å². The van der Waals surface area contributed by atoms with Gasteiger partial charge in [0.1, 0.15) is 12.3 Å². The second-order valence-corrected chi connectivity index (χ2v) is 10.7. The van der Waals surface area contributed by atoms with Gasteiger partial charge in [-0.05, 0) is 6.07 Å². The third kappa shape index (κ3) is 6.08. The van der Waals surface area contributed by atoms with Gasteiger partial charge in [-0.1, -0.05) is 0 Å². The molecule has 1 fully saturated rings. The Morgan fingerprint density at radius 3 is 2.55 bits per heavy atom. The van der Waals surface area contributed by atoms with Crippen molar-refractivity contribution >= 4 is 40.4 Å². The van der Waals surface area contributed by atoms with Gasteiger partial charge in [0, 0.05) is 12.6 Å². The quantitative estimate of drug-likeness (QED) is 0.218. The maximum Gasteiger partial charge on any atom is 0.490 e. The van der Waals surface area contributed by atoms with Crippen molar-refractivity contribution in [3.8, 4) is 0 Å². The van der Waals surface area contributed by atoms with E-state index in [0.717, 1.165) is 0 Å². The first-order valence-electron chi connectivity index (χ1n) is 8.14. The van der Waals surface area contributed by atoms with Gasteiger partial charge < -0.3 is 39.7 Å². The SMILES string of the molecule is Nc1nc2c(ccn2C2C[C@H](O)[C@@H](COP(=O)(O)OP(=O)(O)OP(=O)(O)O)O2)c(=O)[nH]1. The molecule has 1 aliphatic rings. The van der Waals surface area contributed by atoms with Gasteiger partial charge in [0.25, 0.3) is 5.56 Å². The Labute approximate surface area is 171 Å². The van der Waals surface area contributed by atoms with Gasteiger partial charge in [0.2, 0.25) is 5.95 Å². The zero-order valence-corrected chi connectivity index (χ0v) is 17.8. The summed E-state index contributed by atoms with van der Waals surface area (Å²) in [4.78, 5) is 53.8. The molecular weight excluding hydrogens is 489 g/mol. The molecule has 31 heavy (non-hydrogen) atoms. The van der Waals surface area contributed by atoms with Crippen LogP contribution in [0, 0.1) is 0 Å². The highest BCUT2D eigenvalue weighted by molar-refractivity contribution is 7.66. The summed E-state index contributed by atoms with van der Waals surface area (Å²) >= 11 is 0. The van der Waals surface area contributed by atoms with E-state index in [2.05, 4.69) is 23.1 Å². The predicted molar refractivity (Wildman–Crippen MR) is 99.1 cm³/mol. The molecule has 3 rings (SSSR count). The molecule has 0 aliphatic carbocycles. The van der Waals surface area contributed by atoms with Gasteiger partial charge >= 0.3 is 23.5 Å². The number of phosphoric ester groups is 1. The molecule has 20 heteroatoms. The third-order valence-electron chi connectivity index (χ3n) is 3.93. The first-order chi connectivity index (χ1) is 14.2. The lowest BCUT2D eigenvalue weighted by molar-refractivity contribution is -0.0421. The molecule has 1 saturated heterocycles. The largest absolute Gasteiger partial charge is 0.490 e. The Kier molecular flexibility index (Phi) is 6.62. The average molecular weight is 506 g/mol. The van der Waals surface area contributed by atoms with E-state index in [1.807, 2.05) is 0 Å². The Balaban J connectivity index is 1.67. The molecule has 0 saturated carbocycles. The summed E-state index contributed by atoms with van der Waals surface area (Å²) in [5, 5.41) is 10.3. The Morgan fingerprint density at radius 1 is 1.23 bits per heavy atom. The van der Waals surface area contributed by atoms with E-state index in [9.17, 15) is 28.5 Å². The standard InChI is InChI=1S/C11H17N4O13P3/c12-11-13-9-5(10(17)14-11)1-2-15(9)8-3-6(16)7(26-8)4-25-30(21,22)28-31(23,24)27-29(18,19)20/h1-2,6-8,16H,3-4H2,(H,21,22)(H,23,24)(H2,18,19,20)(H3,12,13,14,17)/t6-,7+,8?/m0/s1. The summed E-state index contributed by atoms with van der Waals surface area (Å²) in [5.41, 5.74) is 5.19. The number of rotatable bonds is 8. The van der Waals surface area contributed by atoms with E-state index in [-0.39, 0.29) is 23.4 Å². The fraction of sp³-hybridized carbons (Fsp3) is 0.455. The van der Waals surface area contributed by atoms with Crippen LogP contribution in [0.2, 0.25) is 0 Å². The molecule has 0 amide bonds. The van der Waals surface area contributed by atoms with Crippen LogP contribution in [0.25, 0.3) is 11.0 Å². The number of aliphatic hydroxyl groups excluding tert-OH is 1. The van der Waals surface area contributed by atoms with E-state index >= 15 is 0 Å². The monoisotopic (exact) mass is 506 g/mol. The van der Waals surface area contributed by atoms with Crippen molar-refractivity contribution in [2.45, 2.75) is 24.9 Å². The Bertz CT molecular complexity index is 1170. The van der Waals surface area contributed by atoms with Gasteiger partial charge in [-0.3, -0.25) is 14.3 Å². The Hall–Kier alpha value is -1.45. The third-order valence-corrected chi connectivity index (χ3v) is 7.73. The number of aliphatic hydroxyl groups is 1. The van der Waals surface area contributed by atoms with Gasteiger partial charge in [0.15, 0.2) is 5.65 Å². The molecule has 3 heterocycles. The van der Waals surface area contributed by atoms with Crippen LogP contribution in [-0.2, 0) is 31.6 Å². The molecular formula is C11H17N4O13P3. The molecule has 0 bridgehead atoms. The molecule has 17 nitrogen and oxygen atoms in total. The van der Waals surface area contributed by atoms with Crippen molar-refractivity contribution in [2.75, 3.05) is 12.3 Å². The number of nitrogens with one attached hydrogen (secondary N) is 1. The molecule has 2 aromatic heterocycles. The van der Waals surface area contributed by atoms with E-state index < -0.39 is 54.1 Å². The van der Waals surface area contributed by atoms with Gasteiger partial charge in [-0.15, -0.1) is 0 Å². The van der Waals surface area contributed by atoms with E-state index in [1.165, 1.54) is 16.8 Å². The number of nitrogens with zero attached hydrogens (tertiary/aromatic N) is 2. The summed E-state index contributed by atoms with van der Waals surface area (Å²) in [6.45, 7) is -0.823. The number of H-pyrrole nitrogens is 1. The van der Waals surface area contributed by atoms with E-state index in [1.54, 1.807) is 0 Å². The van der Waals surface area contributed by atoms with Crippen LogP contribution in [0.15, 0.2) is 17.1 Å². The number of anilines is 1. The second kappa shape index (κ2) is 8.48. The number of hydrogen-bond acceptors (Lipinski definition) is 11. The highest BCUT2D eigenvalue weighted by Crippen LogP contribution is 2.66. The Morgan fingerprint density at radius 2 is 1.90 bits per heavy atom. The smallest absolute Gasteiger partial charge is 0.390 e.